The van der Waals surface area contributed by atoms with Crippen LogP contribution < -0.4 is 10.1 Å². The molecule has 39 heavy (non-hydrogen) atoms. The van der Waals surface area contributed by atoms with Gasteiger partial charge in [-0.05, 0) is 54.1 Å². The molecule has 4 aromatic rings. The third kappa shape index (κ3) is 5.57. The maximum atomic E-state index is 13.1. The van der Waals surface area contributed by atoms with Gasteiger partial charge in [-0.1, -0.05) is 6.07 Å². The minimum absolute atomic E-state index is 0.0348. The van der Waals surface area contributed by atoms with Crippen LogP contribution in [-0.4, -0.2) is 43.8 Å². The lowest BCUT2D eigenvalue weighted by Crippen LogP contribution is -2.23. The molecule has 0 fully saturated rings. The van der Waals surface area contributed by atoms with Gasteiger partial charge in [-0.15, -0.1) is 0 Å². The monoisotopic (exact) mass is 557 g/mol. The summed E-state index contributed by atoms with van der Waals surface area (Å²) in [7, 11) is -2.27. The topological polar surface area (TPSA) is 107 Å². The highest BCUT2D eigenvalue weighted by molar-refractivity contribution is 7.91. The van der Waals surface area contributed by atoms with Gasteiger partial charge in [0, 0.05) is 22.7 Å². The van der Waals surface area contributed by atoms with Crippen molar-refractivity contribution in [2.75, 3.05) is 19.5 Å². The van der Waals surface area contributed by atoms with E-state index in [9.17, 15) is 26.4 Å². The summed E-state index contributed by atoms with van der Waals surface area (Å²) in [4.78, 5) is 21.8. The number of alkyl halides is 3. The van der Waals surface area contributed by atoms with Crippen molar-refractivity contribution in [2.45, 2.75) is 24.2 Å². The van der Waals surface area contributed by atoms with E-state index in [-0.39, 0.29) is 41.7 Å². The predicted octanol–water partition coefficient (Wildman–Crippen LogP) is 4.56. The van der Waals surface area contributed by atoms with Crippen molar-refractivity contribution in [1.82, 2.24) is 15.3 Å². The van der Waals surface area contributed by atoms with E-state index in [0.717, 1.165) is 12.1 Å². The van der Waals surface area contributed by atoms with Gasteiger partial charge in [0.25, 0.3) is 5.91 Å². The molecule has 2 aromatic heterocycles. The van der Waals surface area contributed by atoms with E-state index in [1.165, 1.54) is 25.3 Å². The lowest BCUT2D eigenvalue weighted by atomic mass is 10.1. The highest BCUT2D eigenvalue weighted by Crippen LogP contribution is 2.37. The Morgan fingerprint density at radius 1 is 1.10 bits per heavy atom. The molecule has 0 radical (unpaired) electrons. The molecule has 0 bridgehead atoms. The number of amides is 1. The van der Waals surface area contributed by atoms with Gasteiger partial charge < -0.3 is 14.8 Å². The molecule has 12 heteroatoms. The van der Waals surface area contributed by atoms with Crippen molar-refractivity contribution in [3.05, 3.63) is 83.2 Å². The second-order valence-electron chi connectivity index (χ2n) is 8.85. The van der Waals surface area contributed by atoms with Crippen LogP contribution in [0.15, 0.2) is 65.7 Å². The van der Waals surface area contributed by atoms with Crippen LogP contribution in [-0.2, 0) is 33.9 Å². The largest absolute Gasteiger partial charge is 0.496 e. The second kappa shape index (κ2) is 10.3. The van der Waals surface area contributed by atoms with Crippen LogP contribution in [0.2, 0.25) is 0 Å². The summed E-state index contributed by atoms with van der Waals surface area (Å²) >= 11 is 0. The van der Waals surface area contributed by atoms with Crippen LogP contribution in [0.5, 0.6) is 5.75 Å². The lowest BCUT2D eigenvalue weighted by Gasteiger charge is -2.13. The Bertz CT molecular complexity index is 1690. The maximum Gasteiger partial charge on any atom is 0.416 e. The number of hydrogen-bond acceptors (Lipinski definition) is 7. The van der Waals surface area contributed by atoms with Gasteiger partial charge in [-0.2, -0.15) is 13.2 Å². The summed E-state index contributed by atoms with van der Waals surface area (Å²) in [5, 5.41) is 3.43. The number of pyridine rings is 2. The van der Waals surface area contributed by atoms with Crippen molar-refractivity contribution >= 4 is 26.6 Å². The molecule has 5 rings (SSSR count). The van der Waals surface area contributed by atoms with E-state index in [1.54, 1.807) is 30.5 Å². The summed E-state index contributed by atoms with van der Waals surface area (Å²) in [6.07, 6.45) is -2.93. The molecule has 0 aliphatic carbocycles. The Balaban J connectivity index is 1.37. The summed E-state index contributed by atoms with van der Waals surface area (Å²) in [5.74, 6) is -0.594. The molecule has 1 amide bonds. The minimum atomic E-state index is -4.51. The molecule has 1 N–H and O–H groups in total. The van der Waals surface area contributed by atoms with Gasteiger partial charge in [-0.25, -0.2) is 13.4 Å². The number of hydrogen-bond donors (Lipinski definition) is 1. The first-order valence-electron chi connectivity index (χ1n) is 11.8. The van der Waals surface area contributed by atoms with E-state index in [1.807, 2.05) is 0 Å². The molecular formula is C27H22F3N3O5S. The fraction of sp³-hybridized carbons (Fsp3) is 0.222. The van der Waals surface area contributed by atoms with Crippen molar-refractivity contribution in [3.63, 3.8) is 0 Å². The van der Waals surface area contributed by atoms with Gasteiger partial charge >= 0.3 is 6.18 Å². The molecule has 1 aliphatic rings. The molecule has 0 saturated carbocycles. The molecule has 0 atom stereocenters. The van der Waals surface area contributed by atoms with Crippen LogP contribution in [0.1, 0.15) is 27.2 Å². The van der Waals surface area contributed by atoms with Gasteiger partial charge in [0.2, 0.25) is 0 Å². The zero-order valence-corrected chi connectivity index (χ0v) is 21.4. The van der Waals surface area contributed by atoms with Gasteiger partial charge in [-0.3, -0.25) is 9.78 Å². The highest BCUT2D eigenvalue weighted by Gasteiger charge is 2.31. The number of halogens is 3. The number of sulfone groups is 1. The minimum Gasteiger partial charge on any atom is -0.496 e. The zero-order valence-electron chi connectivity index (χ0n) is 20.6. The standard InChI is InChI=1S/C27H22F3N3O5S/c1-37-24-11-19(27(28,29)30)5-6-21(24)22-7-4-17-13-31-20(12-23(17)33-22)14-32-26(34)16-2-3-18-15-38-8-9-39(35,36)25(18)10-16/h2-7,10-13H,8-9,14-15H2,1H3,(H,32,34). The Kier molecular flexibility index (Phi) is 7.00. The van der Waals surface area contributed by atoms with Gasteiger partial charge in [0.1, 0.15) is 5.75 Å². The third-order valence-electron chi connectivity index (χ3n) is 6.28. The number of fused-ring (bicyclic) bond motifs is 2. The van der Waals surface area contributed by atoms with E-state index in [4.69, 9.17) is 9.47 Å². The van der Waals surface area contributed by atoms with E-state index in [0.29, 0.717) is 33.4 Å². The Morgan fingerprint density at radius 3 is 2.69 bits per heavy atom. The molecule has 8 nitrogen and oxygen atoms in total. The van der Waals surface area contributed by atoms with Crippen LogP contribution in [0.25, 0.3) is 22.2 Å². The van der Waals surface area contributed by atoms with Crippen molar-refractivity contribution in [1.29, 1.82) is 0 Å². The molecule has 0 saturated heterocycles. The summed E-state index contributed by atoms with van der Waals surface area (Å²) in [6, 6.07) is 12.7. The number of benzene rings is 2. The van der Waals surface area contributed by atoms with Gasteiger partial charge in [0.05, 0.1) is 60.0 Å². The molecule has 202 valence electrons. The van der Waals surface area contributed by atoms with Crippen molar-refractivity contribution < 1.29 is 35.9 Å². The quantitative estimate of drug-likeness (QED) is 0.383. The lowest BCUT2D eigenvalue weighted by molar-refractivity contribution is -0.137. The van der Waals surface area contributed by atoms with Crippen LogP contribution in [0.4, 0.5) is 13.2 Å². The highest BCUT2D eigenvalue weighted by atomic mass is 32.2. The summed E-state index contributed by atoms with van der Waals surface area (Å²) < 4.78 is 74.9. The molecule has 0 spiro atoms. The number of carbonyl (C=O) groups excluding carboxylic acids is 1. The normalized spacial score (nSPS) is 14.9. The van der Waals surface area contributed by atoms with E-state index >= 15 is 0 Å². The third-order valence-corrected chi connectivity index (χ3v) is 8.04. The maximum absolute atomic E-state index is 13.1. The average molecular weight is 558 g/mol. The molecular weight excluding hydrogens is 535 g/mol. The van der Waals surface area contributed by atoms with Crippen molar-refractivity contribution in [3.8, 4) is 17.0 Å². The number of nitrogens with zero attached hydrogens (tertiary/aromatic N) is 2. The number of carbonyl (C=O) groups is 1. The van der Waals surface area contributed by atoms with Crippen LogP contribution >= 0.6 is 0 Å². The van der Waals surface area contributed by atoms with E-state index < -0.39 is 27.5 Å². The Hall–Kier alpha value is -4.03. The molecule has 0 unspecified atom stereocenters. The fourth-order valence-electron chi connectivity index (χ4n) is 4.22. The SMILES string of the molecule is COc1cc(C(F)(F)F)ccc1-c1ccc2cnc(CNC(=O)c3ccc4c(c3)S(=O)(=O)CCOC4)cc2n1. The Morgan fingerprint density at radius 2 is 1.92 bits per heavy atom. The van der Waals surface area contributed by atoms with Crippen molar-refractivity contribution in [2.24, 2.45) is 0 Å². The first-order chi connectivity index (χ1) is 18.5. The first kappa shape index (κ1) is 26.6. The summed E-state index contributed by atoms with van der Waals surface area (Å²) in [6.45, 7) is 0.287. The fourth-order valence-corrected chi connectivity index (χ4v) is 5.61. The molecule has 1 aliphatic heterocycles. The smallest absolute Gasteiger partial charge is 0.416 e. The second-order valence-corrected chi connectivity index (χ2v) is 10.9. The number of methoxy groups -OCH3 is 1. The van der Waals surface area contributed by atoms with Crippen LogP contribution in [0, 0.1) is 0 Å². The molecule has 3 heterocycles. The van der Waals surface area contributed by atoms with Crippen LogP contribution in [0.3, 0.4) is 0 Å². The Labute approximate surface area is 221 Å². The zero-order chi connectivity index (χ0) is 27.8. The molecule has 2 aromatic carbocycles. The number of ether oxygens (including phenoxy) is 2. The van der Waals surface area contributed by atoms with Gasteiger partial charge in [0.15, 0.2) is 9.84 Å². The number of nitrogens with one attached hydrogen (secondary N) is 1. The van der Waals surface area contributed by atoms with E-state index in [2.05, 4.69) is 15.3 Å². The number of aromatic nitrogens is 2. The predicted molar refractivity (Wildman–Crippen MR) is 136 cm³/mol. The first-order valence-corrected chi connectivity index (χ1v) is 13.4. The average Bonchev–Trinajstić information content (AvgIpc) is 3.07. The number of rotatable bonds is 5. The summed E-state index contributed by atoms with van der Waals surface area (Å²) in [5.41, 5.74) is 1.67.